The van der Waals surface area contributed by atoms with Crippen molar-refractivity contribution in [2.45, 2.75) is 50.2 Å². The van der Waals surface area contributed by atoms with Crippen molar-refractivity contribution < 1.29 is 13.5 Å². The van der Waals surface area contributed by atoms with Gasteiger partial charge in [0, 0.05) is 12.6 Å². The summed E-state index contributed by atoms with van der Waals surface area (Å²) in [7, 11) is -3.43. The molecule has 0 amide bonds. The second-order valence-corrected chi connectivity index (χ2v) is 7.81. The Morgan fingerprint density at radius 3 is 2.50 bits per heavy atom. The third-order valence-electron chi connectivity index (χ3n) is 4.24. The first-order chi connectivity index (χ1) is 9.54. The molecular weight excluding hydrogens is 274 g/mol. The lowest BCUT2D eigenvalue weighted by molar-refractivity contribution is 0.280. The van der Waals surface area contributed by atoms with Gasteiger partial charge in [0.15, 0.2) is 0 Å². The molecule has 0 radical (unpaired) electrons. The third kappa shape index (κ3) is 2.62. The van der Waals surface area contributed by atoms with Crippen molar-refractivity contribution >= 4 is 10.0 Å². The molecule has 3 rings (SSSR count). The van der Waals surface area contributed by atoms with Crippen LogP contribution >= 0.6 is 0 Å². The summed E-state index contributed by atoms with van der Waals surface area (Å²) in [5.41, 5.74) is 1.37. The van der Waals surface area contributed by atoms with E-state index < -0.39 is 10.0 Å². The van der Waals surface area contributed by atoms with E-state index in [4.69, 9.17) is 0 Å². The fourth-order valence-electron chi connectivity index (χ4n) is 2.60. The van der Waals surface area contributed by atoms with Gasteiger partial charge in [-0.05, 0) is 55.7 Å². The normalized spacial score (nSPS) is 19.6. The van der Waals surface area contributed by atoms with Gasteiger partial charge < -0.3 is 5.11 Å². The smallest absolute Gasteiger partial charge is 0.243 e. The SMILES string of the molecule is Cc1c(CO)cccc1S(=O)(=O)N(CC1CC1)C1CC1. The summed E-state index contributed by atoms with van der Waals surface area (Å²) in [6, 6.07) is 5.34. The molecule has 1 aromatic rings. The summed E-state index contributed by atoms with van der Waals surface area (Å²) >= 11 is 0. The van der Waals surface area contributed by atoms with Gasteiger partial charge in [0.25, 0.3) is 0 Å². The first-order valence-corrected chi connectivity index (χ1v) is 8.69. The van der Waals surface area contributed by atoms with Gasteiger partial charge in [0.2, 0.25) is 10.0 Å². The minimum atomic E-state index is -3.43. The predicted octanol–water partition coefficient (Wildman–Crippen LogP) is 2.05. The summed E-state index contributed by atoms with van der Waals surface area (Å²) in [5, 5.41) is 9.32. The number of benzene rings is 1. The van der Waals surface area contributed by atoms with Gasteiger partial charge in [-0.3, -0.25) is 0 Å². The number of hydrogen-bond donors (Lipinski definition) is 1. The van der Waals surface area contributed by atoms with Gasteiger partial charge in [-0.1, -0.05) is 12.1 Å². The zero-order chi connectivity index (χ0) is 14.3. The van der Waals surface area contributed by atoms with Crippen LogP contribution in [-0.4, -0.2) is 30.4 Å². The molecular formula is C15H21NO3S. The average Bonchev–Trinajstić information content (AvgIpc) is 3.27. The highest BCUT2D eigenvalue weighted by molar-refractivity contribution is 7.89. The number of aliphatic hydroxyl groups excluding tert-OH is 1. The molecule has 110 valence electrons. The van der Waals surface area contributed by atoms with Crippen LogP contribution < -0.4 is 0 Å². The first-order valence-electron chi connectivity index (χ1n) is 7.25. The van der Waals surface area contributed by atoms with Crippen molar-refractivity contribution in [1.82, 2.24) is 4.31 Å². The molecule has 2 fully saturated rings. The predicted molar refractivity (Wildman–Crippen MR) is 76.7 cm³/mol. The lowest BCUT2D eigenvalue weighted by Crippen LogP contribution is -2.35. The van der Waals surface area contributed by atoms with E-state index in [9.17, 15) is 13.5 Å². The van der Waals surface area contributed by atoms with Crippen LogP contribution in [0.4, 0.5) is 0 Å². The molecule has 0 spiro atoms. The Morgan fingerprint density at radius 2 is 1.95 bits per heavy atom. The molecule has 0 saturated heterocycles. The summed E-state index contributed by atoms with van der Waals surface area (Å²) in [4.78, 5) is 0.358. The molecule has 0 heterocycles. The van der Waals surface area contributed by atoms with E-state index in [1.54, 1.807) is 29.4 Å². The van der Waals surface area contributed by atoms with E-state index in [0.717, 1.165) is 25.7 Å². The molecule has 1 N–H and O–H groups in total. The van der Waals surface area contributed by atoms with Gasteiger partial charge in [0.05, 0.1) is 11.5 Å². The summed E-state index contributed by atoms with van der Waals surface area (Å²) in [6.45, 7) is 2.32. The van der Waals surface area contributed by atoms with Crippen molar-refractivity contribution in [2.75, 3.05) is 6.54 Å². The Bertz CT molecular complexity index is 604. The summed E-state index contributed by atoms with van der Waals surface area (Å²) < 4.78 is 27.5. The molecule has 0 atom stereocenters. The van der Waals surface area contributed by atoms with Crippen LogP contribution in [0, 0.1) is 12.8 Å². The number of aliphatic hydroxyl groups is 1. The van der Waals surface area contributed by atoms with E-state index >= 15 is 0 Å². The number of hydrogen-bond acceptors (Lipinski definition) is 3. The monoisotopic (exact) mass is 295 g/mol. The molecule has 1 aromatic carbocycles. The zero-order valence-electron chi connectivity index (χ0n) is 11.7. The van der Waals surface area contributed by atoms with Crippen LogP contribution in [0.2, 0.25) is 0 Å². The number of rotatable bonds is 6. The Kier molecular flexibility index (Phi) is 3.60. The third-order valence-corrected chi connectivity index (χ3v) is 6.31. The lowest BCUT2D eigenvalue weighted by Gasteiger charge is -2.23. The highest BCUT2D eigenvalue weighted by Gasteiger charge is 2.41. The Morgan fingerprint density at radius 1 is 1.25 bits per heavy atom. The maximum Gasteiger partial charge on any atom is 0.243 e. The highest BCUT2D eigenvalue weighted by Crippen LogP contribution is 2.38. The molecule has 0 aromatic heterocycles. The Hall–Kier alpha value is -0.910. The Balaban J connectivity index is 1.96. The second-order valence-electron chi connectivity index (χ2n) is 5.95. The van der Waals surface area contributed by atoms with Crippen LogP contribution in [0.1, 0.15) is 36.8 Å². The summed E-state index contributed by atoms with van der Waals surface area (Å²) in [5.74, 6) is 0.548. The largest absolute Gasteiger partial charge is 0.392 e. The van der Waals surface area contributed by atoms with Crippen molar-refractivity contribution in [3.63, 3.8) is 0 Å². The van der Waals surface area contributed by atoms with Crippen molar-refractivity contribution in [3.05, 3.63) is 29.3 Å². The minimum Gasteiger partial charge on any atom is -0.392 e. The molecule has 0 bridgehead atoms. The molecule has 2 aliphatic rings. The fraction of sp³-hybridized carbons (Fsp3) is 0.600. The quantitative estimate of drug-likeness (QED) is 0.874. The Labute approximate surface area is 120 Å². The second kappa shape index (κ2) is 5.13. The fourth-order valence-corrected chi connectivity index (χ4v) is 4.63. The molecule has 2 saturated carbocycles. The van der Waals surface area contributed by atoms with Crippen LogP contribution in [0.25, 0.3) is 0 Å². The topological polar surface area (TPSA) is 57.6 Å². The van der Waals surface area contributed by atoms with Crippen LogP contribution in [0.3, 0.4) is 0 Å². The van der Waals surface area contributed by atoms with E-state index in [1.165, 1.54) is 0 Å². The maximum atomic E-state index is 12.9. The van der Waals surface area contributed by atoms with Crippen molar-refractivity contribution in [3.8, 4) is 0 Å². The van der Waals surface area contributed by atoms with E-state index in [-0.39, 0.29) is 12.6 Å². The maximum absolute atomic E-state index is 12.9. The van der Waals surface area contributed by atoms with Crippen LogP contribution in [0.5, 0.6) is 0 Å². The molecule has 2 aliphatic carbocycles. The van der Waals surface area contributed by atoms with Gasteiger partial charge in [-0.15, -0.1) is 0 Å². The standard InChI is InChI=1S/C15H21NO3S/c1-11-13(10-17)3-2-4-15(11)20(18,19)16(14-7-8-14)9-12-5-6-12/h2-4,12,14,17H,5-10H2,1H3. The number of sulfonamides is 1. The average molecular weight is 295 g/mol. The molecule has 4 nitrogen and oxygen atoms in total. The van der Waals surface area contributed by atoms with E-state index in [1.807, 2.05) is 0 Å². The van der Waals surface area contributed by atoms with Crippen LogP contribution in [0.15, 0.2) is 23.1 Å². The molecule has 0 unspecified atom stereocenters. The van der Waals surface area contributed by atoms with Gasteiger partial charge >= 0.3 is 0 Å². The molecule has 20 heavy (non-hydrogen) atoms. The van der Waals surface area contributed by atoms with E-state index in [0.29, 0.717) is 28.5 Å². The van der Waals surface area contributed by atoms with Gasteiger partial charge in [-0.25, -0.2) is 8.42 Å². The van der Waals surface area contributed by atoms with Gasteiger partial charge in [0.1, 0.15) is 0 Å². The molecule has 5 heteroatoms. The van der Waals surface area contributed by atoms with Crippen molar-refractivity contribution in [2.24, 2.45) is 5.92 Å². The summed E-state index contributed by atoms with van der Waals surface area (Å²) in [6.07, 6.45) is 4.25. The molecule has 0 aliphatic heterocycles. The van der Waals surface area contributed by atoms with Crippen LogP contribution in [-0.2, 0) is 16.6 Å². The van der Waals surface area contributed by atoms with Crippen molar-refractivity contribution in [1.29, 1.82) is 0 Å². The number of nitrogens with zero attached hydrogens (tertiary/aromatic N) is 1. The first kappa shape index (κ1) is 14.0. The van der Waals surface area contributed by atoms with Gasteiger partial charge in [-0.2, -0.15) is 4.31 Å². The lowest BCUT2D eigenvalue weighted by atomic mass is 10.1. The van der Waals surface area contributed by atoms with E-state index in [2.05, 4.69) is 0 Å². The highest BCUT2D eigenvalue weighted by atomic mass is 32.2. The minimum absolute atomic E-state index is 0.124. The zero-order valence-corrected chi connectivity index (χ0v) is 12.6.